The Labute approximate surface area is 198 Å². The molecule has 0 bridgehead atoms. The first kappa shape index (κ1) is 24.6. The zero-order valence-electron chi connectivity index (χ0n) is 19.6. The van der Waals surface area contributed by atoms with Gasteiger partial charge in [-0.2, -0.15) is 13.2 Å². The average molecular weight is 490 g/mol. The number of aromatic amines is 1. The van der Waals surface area contributed by atoms with Crippen LogP contribution in [-0.4, -0.2) is 56.0 Å². The Morgan fingerprint density at radius 2 is 1.91 bits per heavy atom. The lowest BCUT2D eigenvalue weighted by atomic mass is 10.1. The van der Waals surface area contributed by atoms with Crippen molar-refractivity contribution in [2.45, 2.75) is 52.1 Å². The summed E-state index contributed by atoms with van der Waals surface area (Å²) in [6.07, 6.45) is -3.50. The number of nitrogens with one attached hydrogen (secondary N) is 2. The minimum Gasteiger partial charge on any atom is -0.372 e. The third-order valence-corrected chi connectivity index (χ3v) is 5.63. The van der Waals surface area contributed by atoms with Gasteiger partial charge < -0.3 is 19.9 Å². The van der Waals surface area contributed by atoms with Gasteiger partial charge in [0, 0.05) is 19.3 Å². The number of carbonyl (C=O) groups excluding carboxylic acids is 1. The molecule has 1 aliphatic heterocycles. The van der Waals surface area contributed by atoms with E-state index < -0.39 is 23.3 Å². The van der Waals surface area contributed by atoms with Gasteiger partial charge in [-0.15, -0.1) is 0 Å². The molecule has 4 heterocycles. The molecule has 0 radical (unpaired) electrons. The van der Waals surface area contributed by atoms with Crippen LogP contribution in [0.2, 0.25) is 0 Å². The second-order valence-electron chi connectivity index (χ2n) is 8.70. The van der Waals surface area contributed by atoms with Crippen LogP contribution in [-0.2, 0) is 10.9 Å². The summed E-state index contributed by atoms with van der Waals surface area (Å²) in [5.74, 6) is 0.247. The first-order valence-corrected chi connectivity index (χ1v) is 11.1. The zero-order chi connectivity index (χ0) is 25.5. The molecule has 0 spiro atoms. The number of morpholine rings is 1. The lowest BCUT2D eigenvalue weighted by molar-refractivity contribution is -0.138. The maximum Gasteiger partial charge on any atom is 0.418 e. The van der Waals surface area contributed by atoms with E-state index in [4.69, 9.17) is 4.74 Å². The van der Waals surface area contributed by atoms with E-state index in [0.717, 1.165) is 6.07 Å². The van der Waals surface area contributed by atoms with Crippen LogP contribution in [0.25, 0.3) is 11.0 Å². The molecule has 186 valence electrons. The van der Waals surface area contributed by atoms with Crippen LogP contribution in [0.1, 0.15) is 54.3 Å². The van der Waals surface area contributed by atoms with E-state index in [-0.39, 0.29) is 46.5 Å². The molecule has 0 aliphatic carbocycles. The van der Waals surface area contributed by atoms with Crippen molar-refractivity contribution in [1.29, 1.82) is 0 Å². The quantitative estimate of drug-likeness (QED) is 0.576. The molecule has 3 aromatic heterocycles. The molecule has 3 aromatic rings. The van der Waals surface area contributed by atoms with Crippen molar-refractivity contribution in [1.82, 2.24) is 24.8 Å². The van der Waals surface area contributed by atoms with Crippen molar-refractivity contribution in [2.75, 3.05) is 18.4 Å². The number of carbonyl (C=O) groups is 1. The van der Waals surface area contributed by atoms with Gasteiger partial charge >= 0.3 is 6.18 Å². The number of rotatable bonds is 4. The molecule has 35 heavy (non-hydrogen) atoms. The average Bonchev–Trinajstić information content (AvgIpc) is 2.77. The molecule has 1 fully saturated rings. The Kier molecular flexibility index (Phi) is 6.50. The van der Waals surface area contributed by atoms with E-state index in [1.807, 2.05) is 13.8 Å². The Morgan fingerprint density at radius 1 is 1.23 bits per heavy atom. The Balaban J connectivity index is 1.59. The van der Waals surface area contributed by atoms with Gasteiger partial charge in [0.05, 0.1) is 40.6 Å². The molecule has 3 atom stereocenters. The number of anilines is 1. The number of nitrogens with zero attached hydrogens (tertiary/aromatic N) is 4. The minimum atomic E-state index is -4.71. The first-order valence-electron chi connectivity index (χ1n) is 11.1. The summed E-state index contributed by atoms with van der Waals surface area (Å²) in [6, 6.07) is 2.96. The molecule has 0 saturated carbocycles. The van der Waals surface area contributed by atoms with Crippen LogP contribution in [0.15, 0.2) is 29.2 Å². The Bertz CT molecular complexity index is 1300. The summed E-state index contributed by atoms with van der Waals surface area (Å²) in [4.78, 5) is 41.4. The maximum absolute atomic E-state index is 13.8. The van der Waals surface area contributed by atoms with Gasteiger partial charge in [-0.1, -0.05) is 0 Å². The van der Waals surface area contributed by atoms with Crippen molar-refractivity contribution >= 4 is 22.8 Å². The van der Waals surface area contributed by atoms with Crippen molar-refractivity contribution in [3.05, 3.63) is 57.4 Å². The predicted molar refractivity (Wildman–Crippen MR) is 122 cm³/mol. The Morgan fingerprint density at radius 3 is 2.51 bits per heavy atom. The number of aromatic nitrogens is 4. The summed E-state index contributed by atoms with van der Waals surface area (Å²) in [5.41, 5.74) is -1.94. The standard InChI is InChI=1S/C23H25F3N6O3/c1-11-9-32(10-12(2)35-11)22(34)15-5-6-18(27-8-15)28-13(3)19-16(23(24,25)26)7-17-20(31-19)21(33)30-14(4)29-17/h5-8,11-13H,9-10H2,1-4H3,(H,27,28)(H,29,30,33). The van der Waals surface area contributed by atoms with Gasteiger partial charge in [-0.3, -0.25) is 9.59 Å². The third kappa shape index (κ3) is 5.26. The molecule has 3 unspecified atom stereocenters. The topological polar surface area (TPSA) is 113 Å². The monoisotopic (exact) mass is 490 g/mol. The van der Waals surface area contributed by atoms with E-state index in [2.05, 4.69) is 25.3 Å². The molecule has 0 aromatic carbocycles. The SMILES string of the molecule is Cc1nc2cc(C(F)(F)F)c(C(C)Nc3ccc(C(=O)N4CC(C)OC(C)C4)cn3)nc2c(=O)[nH]1. The summed E-state index contributed by atoms with van der Waals surface area (Å²) < 4.78 is 47.1. The number of fused-ring (bicyclic) bond motifs is 1. The summed E-state index contributed by atoms with van der Waals surface area (Å²) >= 11 is 0. The third-order valence-electron chi connectivity index (χ3n) is 5.63. The molecule has 4 rings (SSSR count). The van der Waals surface area contributed by atoms with Crippen LogP contribution in [0.4, 0.5) is 19.0 Å². The highest BCUT2D eigenvalue weighted by atomic mass is 19.4. The number of amides is 1. The number of pyridine rings is 2. The first-order chi connectivity index (χ1) is 16.4. The fourth-order valence-corrected chi connectivity index (χ4v) is 4.18. The van der Waals surface area contributed by atoms with Crippen LogP contribution >= 0.6 is 0 Å². The van der Waals surface area contributed by atoms with Gasteiger partial charge in [0.15, 0.2) is 5.52 Å². The number of ether oxygens (including phenoxy) is 1. The van der Waals surface area contributed by atoms with Crippen LogP contribution < -0.4 is 10.9 Å². The number of aryl methyl sites for hydroxylation is 1. The van der Waals surface area contributed by atoms with Gasteiger partial charge in [-0.25, -0.2) is 15.0 Å². The summed E-state index contributed by atoms with van der Waals surface area (Å²) in [5, 5.41) is 2.87. The van der Waals surface area contributed by atoms with Crippen molar-refractivity contribution in [3.63, 3.8) is 0 Å². The smallest absolute Gasteiger partial charge is 0.372 e. The fraction of sp³-hybridized carbons (Fsp3) is 0.435. The largest absolute Gasteiger partial charge is 0.418 e. The maximum atomic E-state index is 13.8. The van der Waals surface area contributed by atoms with Gasteiger partial charge in [0.2, 0.25) is 0 Å². The van der Waals surface area contributed by atoms with E-state index in [9.17, 15) is 22.8 Å². The van der Waals surface area contributed by atoms with Crippen molar-refractivity contribution < 1.29 is 22.7 Å². The minimum absolute atomic E-state index is 0.0823. The number of H-pyrrole nitrogens is 1. The van der Waals surface area contributed by atoms with Crippen LogP contribution in [0.3, 0.4) is 0 Å². The highest BCUT2D eigenvalue weighted by Crippen LogP contribution is 2.35. The number of halogens is 3. The normalized spacial score (nSPS) is 19.6. The molecule has 9 nitrogen and oxygen atoms in total. The molecule has 2 N–H and O–H groups in total. The lowest BCUT2D eigenvalue weighted by Crippen LogP contribution is -2.48. The molecule has 1 aliphatic rings. The molecule has 1 amide bonds. The number of hydrogen-bond donors (Lipinski definition) is 2. The van der Waals surface area contributed by atoms with Gasteiger partial charge in [0.1, 0.15) is 11.6 Å². The Hall–Kier alpha value is -3.54. The highest BCUT2D eigenvalue weighted by Gasteiger charge is 2.36. The zero-order valence-corrected chi connectivity index (χ0v) is 19.6. The second-order valence-corrected chi connectivity index (χ2v) is 8.70. The van der Waals surface area contributed by atoms with E-state index in [1.165, 1.54) is 26.1 Å². The van der Waals surface area contributed by atoms with E-state index in [0.29, 0.717) is 18.7 Å². The van der Waals surface area contributed by atoms with Gasteiger partial charge in [-0.05, 0) is 45.9 Å². The highest BCUT2D eigenvalue weighted by molar-refractivity contribution is 5.94. The summed E-state index contributed by atoms with van der Waals surface area (Å²) in [7, 11) is 0. The van der Waals surface area contributed by atoms with E-state index >= 15 is 0 Å². The molecular weight excluding hydrogens is 465 g/mol. The van der Waals surface area contributed by atoms with E-state index in [1.54, 1.807) is 11.0 Å². The molecule has 1 saturated heterocycles. The number of alkyl halides is 3. The predicted octanol–water partition coefficient (Wildman–Crippen LogP) is 3.46. The number of hydrogen-bond acceptors (Lipinski definition) is 7. The summed E-state index contributed by atoms with van der Waals surface area (Å²) in [6.45, 7) is 7.67. The van der Waals surface area contributed by atoms with Gasteiger partial charge in [0.25, 0.3) is 11.5 Å². The molecule has 12 heteroatoms. The van der Waals surface area contributed by atoms with Crippen LogP contribution in [0.5, 0.6) is 0 Å². The molecular formula is C23H25F3N6O3. The van der Waals surface area contributed by atoms with Crippen molar-refractivity contribution in [3.8, 4) is 0 Å². The second kappa shape index (κ2) is 9.25. The van der Waals surface area contributed by atoms with Crippen LogP contribution in [0, 0.1) is 6.92 Å². The van der Waals surface area contributed by atoms with Crippen molar-refractivity contribution in [2.24, 2.45) is 0 Å². The fourth-order valence-electron chi connectivity index (χ4n) is 4.18. The lowest BCUT2D eigenvalue weighted by Gasteiger charge is -2.35.